The van der Waals surface area contributed by atoms with E-state index in [2.05, 4.69) is 5.32 Å². The highest BCUT2D eigenvalue weighted by Gasteiger charge is 2.33. The van der Waals surface area contributed by atoms with Crippen LogP contribution >= 0.6 is 11.6 Å². The van der Waals surface area contributed by atoms with Gasteiger partial charge >= 0.3 is 6.18 Å². The first-order valence-corrected chi connectivity index (χ1v) is 11.1. The van der Waals surface area contributed by atoms with E-state index in [1.54, 1.807) is 13.8 Å². The van der Waals surface area contributed by atoms with E-state index in [-0.39, 0.29) is 46.5 Å². The SMILES string of the molecule is C[C@H]1CN(S(=O)(=O)c2ccc(C(=O)Nc3ccc(C(F)(F)F)cc3Cl)cc2)C[C@H](C)O1. The number of nitrogens with zero attached hydrogens (tertiary/aromatic N) is 1. The normalized spacial score (nSPS) is 20.5. The quantitative estimate of drug-likeness (QED) is 0.709. The number of morpholine rings is 1. The van der Waals surface area contributed by atoms with Crippen molar-refractivity contribution in [2.75, 3.05) is 18.4 Å². The average Bonchev–Trinajstić information content (AvgIpc) is 2.68. The van der Waals surface area contributed by atoms with E-state index in [1.165, 1.54) is 28.6 Å². The Labute approximate surface area is 183 Å². The lowest BCUT2D eigenvalue weighted by atomic mass is 10.1. The van der Waals surface area contributed by atoms with E-state index in [9.17, 15) is 26.4 Å². The average molecular weight is 477 g/mol. The third-order valence-electron chi connectivity index (χ3n) is 4.69. The van der Waals surface area contributed by atoms with Crippen molar-refractivity contribution in [1.82, 2.24) is 4.31 Å². The number of sulfonamides is 1. The zero-order chi connectivity index (χ0) is 23.0. The van der Waals surface area contributed by atoms with Gasteiger partial charge in [0.1, 0.15) is 0 Å². The van der Waals surface area contributed by atoms with Crippen LogP contribution in [0.25, 0.3) is 0 Å². The first kappa shape index (κ1) is 23.5. The van der Waals surface area contributed by atoms with Crippen molar-refractivity contribution in [3.8, 4) is 0 Å². The lowest BCUT2D eigenvalue weighted by Gasteiger charge is -2.34. The Kier molecular flexibility index (Phi) is 6.66. The number of nitrogens with one attached hydrogen (secondary N) is 1. The maximum absolute atomic E-state index is 12.9. The maximum Gasteiger partial charge on any atom is 0.416 e. The van der Waals surface area contributed by atoms with Gasteiger partial charge in [0.05, 0.1) is 33.4 Å². The molecule has 31 heavy (non-hydrogen) atoms. The van der Waals surface area contributed by atoms with Gasteiger partial charge in [-0.1, -0.05) is 11.6 Å². The van der Waals surface area contributed by atoms with Crippen LogP contribution in [0.4, 0.5) is 18.9 Å². The van der Waals surface area contributed by atoms with E-state index in [1.807, 2.05) is 0 Å². The molecule has 6 nitrogen and oxygen atoms in total. The van der Waals surface area contributed by atoms with E-state index < -0.39 is 27.7 Å². The molecular formula is C20H20ClF3N2O4S. The van der Waals surface area contributed by atoms with E-state index in [0.29, 0.717) is 0 Å². The number of benzene rings is 2. The topological polar surface area (TPSA) is 75.7 Å². The van der Waals surface area contributed by atoms with Gasteiger partial charge in [-0.3, -0.25) is 4.79 Å². The van der Waals surface area contributed by atoms with Crippen LogP contribution in [0.5, 0.6) is 0 Å². The molecule has 11 heteroatoms. The highest BCUT2D eigenvalue weighted by molar-refractivity contribution is 7.89. The van der Waals surface area contributed by atoms with Gasteiger partial charge in [0.2, 0.25) is 10.0 Å². The summed E-state index contributed by atoms with van der Waals surface area (Å²) in [5.41, 5.74) is -0.803. The lowest BCUT2D eigenvalue weighted by Crippen LogP contribution is -2.48. The number of anilines is 1. The van der Waals surface area contributed by atoms with Crippen molar-refractivity contribution < 1.29 is 31.1 Å². The zero-order valence-corrected chi connectivity index (χ0v) is 18.2. The van der Waals surface area contributed by atoms with Crippen LogP contribution in [0.2, 0.25) is 5.02 Å². The minimum atomic E-state index is -4.55. The standard InChI is InChI=1S/C20H20ClF3N2O4S/c1-12-10-26(11-13(2)30-12)31(28,29)16-6-3-14(4-7-16)19(27)25-18-8-5-15(9-17(18)21)20(22,23)24/h3-9,12-13H,10-11H2,1-2H3,(H,25,27)/t12-,13-/m0/s1. The minimum absolute atomic E-state index is 0.00709. The molecule has 0 unspecified atom stereocenters. The Morgan fingerprint density at radius 3 is 2.19 bits per heavy atom. The Morgan fingerprint density at radius 1 is 1.10 bits per heavy atom. The molecule has 0 aromatic heterocycles. The number of amides is 1. The van der Waals surface area contributed by atoms with Crippen molar-refractivity contribution in [1.29, 1.82) is 0 Å². The first-order valence-electron chi connectivity index (χ1n) is 9.31. The van der Waals surface area contributed by atoms with Gasteiger partial charge in [-0.2, -0.15) is 17.5 Å². The highest BCUT2D eigenvalue weighted by atomic mass is 35.5. The molecule has 0 saturated carbocycles. The Hall–Kier alpha value is -2.14. The largest absolute Gasteiger partial charge is 0.416 e. The number of alkyl halides is 3. The van der Waals surface area contributed by atoms with Crippen LogP contribution in [0, 0.1) is 0 Å². The molecule has 2 aromatic carbocycles. The molecule has 1 saturated heterocycles. The summed E-state index contributed by atoms with van der Waals surface area (Å²) in [6.07, 6.45) is -5.03. The summed E-state index contributed by atoms with van der Waals surface area (Å²) in [6.45, 7) is 4.03. The van der Waals surface area contributed by atoms with Crippen molar-refractivity contribution >= 4 is 33.2 Å². The van der Waals surface area contributed by atoms with Crippen LogP contribution in [0.15, 0.2) is 47.4 Å². The van der Waals surface area contributed by atoms with Crippen molar-refractivity contribution in [3.63, 3.8) is 0 Å². The number of carbonyl (C=O) groups is 1. The molecule has 0 spiro atoms. The molecule has 1 heterocycles. The van der Waals surface area contributed by atoms with E-state index >= 15 is 0 Å². The van der Waals surface area contributed by atoms with Crippen LogP contribution in [-0.4, -0.2) is 43.9 Å². The number of hydrogen-bond donors (Lipinski definition) is 1. The molecule has 168 valence electrons. The smallest absolute Gasteiger partial charge is 0.373 e. The summed E-state index contributed by atoms with van der Waals surface area (Å²) < 4.78 is 70.8. The van der Waals surface area contributed by atoms with Gasteiger partial charge in [0, 0.05) is 18.7 Å². The molecule has 0 bridgehead atoms. The van der Waals surface area contributed by atoms with Gasteiger partial charge < -0.3 is 10.1 Å². The zero-order valence-electron chi connectivity index (χ0n) is 16.6. The van der Waals surface area contributed by atoms with Crippen molar-refractivity contribution in [2.45, 2.75) is 37.1 Å². The summed E-state index contributed by atoms with van der Waals surface area (Å²) in [4.78, 5) is 12.5. The number of rotatable bonds is 4. The summed E-state index contributed by atoms with van der Waals surface area (Å²) in [7, 11) is -3.76. The van der Waals surface area contributed by atoms with Gasteiger partial charge in [-0.15, -0.1) is 0 Å². The number of ether oxygens (including phenoxy) is 1. The predicted octanol–water partition coefficient (Wildman–Crippen LogP) is 4.41. The molecule has 1 aliphatic heterocycles. The second kappa shape index (κ2) is 8.78. The Bertz CT molecular complexity index is 1060. The fourth-order valence-electron chi connectivity index (χ4n) is 3.24. The fraction of sp³-hybridized carbons (Fsp3) is 0.350. The molecule has 0 aliphatic carbocycles. The number of halogens is 4. The van der Waals surface area contributed by atoms with E-state index in [4.69, 9.17) is 16.3 Å². The first-order chi connectivity index (χ1) is 14.4. The van der Waals surface area contributed by atoms with Gasteiger partial charge in [0.25, 0.3) is 5.91 Å². The molecule has 1 fully saturated rings. The number of carbonyl (C=O) groups excluding carboxylic acids is 1. The number of hydrogen-bond acceptors (Lipinski definition) is 4. The fourth-order valence-corrected chi connectivity index (χ4v) is 5.06. The molecule has 1 aliphatic rings. The summed E-state index contributed by atoms with van der Waals surface area (Å²) in [5.74, 6) is -0.640. The highest BCUT2D eigenvalue weighted by Crippen LogP contribution is 2.34. The monoisotopic (exact) mass is 476 g/mol. The molecule has 2 atom stereocenters. The van der Waals surface area contributed by atoms with Crippen molar-refractivity contribution in [2.24, 2.45) is 0 Å². The molecule has 2 aromatic rings. The van der Waals surface area contributed by atoms with Crippen LogP contribution < -0.4 is 5.32 Å². The predicted molar refractivity (Wildman–Crippen MR) is 110 cm³/mol. The van der Waals surface area contributed by atoms with E-state index in [0.717, 1.165) is 18.2 Å². The molecule has 1 amide bonds. The van der Waals surface area contributed by atoms with Crippen LogP contribution in [-0.2, 0) is 20.9 Å². The molecule has 3 rings (SSSR count). The second-order valence-corrected chi connectivity index (χ2v) is 9.60. The minimum Gasteiger partial charge on any atom is -0.373 e. The Morgan fingerprint density at radius 2 is 1.68 bits per heavy atom. The van der Waals surface area contributed by atoms with Gasteiger partial charge in [-0.25, -0.2) is 8.42 Å². The maximum atomic E-state index is 12.9. The van der Waals surface area contributed by atoms with Crippen LogP contribution in [0.1, 0.15) is 29.8 Å². The molecular weight excluding hydrogens is 457 g/mol. The molecule has 1 N–H and O–H groups in total. The van der Waals surface area contributed by atoms with Crippen molar-refractivity contribution in [3.05, 3.63) is 58.6 Å². The van der Waals surface area contributed by atoms with Crippen LogP contribution in [0.3, 0.4) is 0 Å². The summed E-state index contributed by atoms with van der Waals surface area (Å²) in [5, 5.41) is 2.16. The lowest BCUT2D eigenvalue weighted by molar-refractivity contribution is -0.137. The summed E-state index contributed by atoms with van der Waals surface area (Å²) in [6, 6.07) is 7.86. The Balaban J connectivity index is 1.75. The van der Waals surface area contributed by atoms with Gasteiger partial charge in [0.15, 0.2) is 0 Å². The van der Waals surface area contributed by atoms with Gasteiger partial charge in [-0.05, 0) is 56.3 Å². The summed E-state index contributed by atoms with van der Waals surface area (Å²) >= 11 is 5.85. The third-order valence-corrected chi connectivity index (χ3v) is 6.84. The molecule has 0 radical (unpaired) electrons. The second-order valence-electron chi connectivity index (χ2n) is 7.25. The third kappa shape index (κ3) is 5.38.